The Morgan fingerprint density at radius 1 is 1.33 bits per heavy atom. The van der Waals surface area contributed by atoms with E-state index in [-0.39, 0.29) is 16.6 Å². The molecule has 0 aliphatic carbocycles. The number of hydrogen-bond acceptors (Lipinski definition) is 2. The zero-order valence-corrected chi connectivity index (χ0v) is 7.39. The zero-order chi connectivity index (χ0) is 9.14. The molecular formula is C7H4Cl2NO2. The van der Waals surface area contributed by atoms with E-state index in [1.54, 1.807) is 6.29 Å². The van der Waals surface area contributed by atoms with Gasteiger partial charge in [0.25, 0.3) is 0 Å². The third kappa shape index (κ3) is 1.87. The van der Waals surface area contributed by atoms with Crippen molar-refractivity contribution in [3.63, 3.8) is 0 Å². The molecule has 0 unspecified atom stereocenters. The number of hydrogen-bond donors (Lipinski definition) is 0. The molecule has 1 heterocycles. The first-order chi connectivity index (χ1) is 5.65. The highest BCUT2D eigenvalue weighted by Crippen LogP contribution is 2.07. The van der Waals surface area contributed by atoms with Gasteiger partial charge in [0, 0.05) is 12.4 Å². The van der Waals surface area contributed by atoms with E-state index in [0.29, 0.717) is 0 Å². The quantitative estimate of drug-likeness (QED) is 0.728. The smallest absolute Gasteiger partial charge is 0.219 e. The number of nitrogens with zero attached hydrogens (tertiary/aromatic N) is 1. The van der Waals surface area contributed by atoms with E-state index < -0.39 is 5.43 Å². The van der Waals surface area contributed by atoms with Crippen molar-refractivity contribution in [3.8, 4) is 0 Å². The minimum Gasteiger partial charge on any atom is -0.343 e. The molecule has 3 nitrogen and oxygen atoms in total. The Bertz CT molecular complexity index is 333. The number of aromatic nitrogens is 1. The van der Waals surface area contributed by atoms with Crippen LogP contribution >= 0.6 is 23.2 Å². The van der Waals surface area contributed by atoms with Crippen LogP contribution in [-0.4, -0.2) is 10.9 Å². The van der Waals surface area contributed by atoms with Crippen molar-refractivity contribution in [3.05, 3.63) is 32.7 Å². The van der Waals surface area contributed by atoms with Gasteiger partial charge in [0.15, 0.2) is 0 Å². The lowest BCUT2D eigenvalue weighted by Gasteiger charge is -2.00. The van der Waals surface area contributed by atoms with Gasteiger partial charge in [0.05, 0.1) is 6.54 Å². The molecule has 5 heteroatoms. The summed E-state index contributed by atoms with van der Waals surface area (Å²) in [4.78, 5) is 20.9. The van der Waals surface area contributed by atoms with Crippen molar-refractivity contribution < 1.29 is 4.79 Å². The van der Waals surface area contributed by atoms with Crippen LogP contribution in [0.4, 0.5) is 0 Å². The van der Waals surface area contributed by atoms with Gasteiger partial charge in [-0.05, 0) is 0 Å². The van der Waals surface area contributed by atoms with Gasteiger partial charge in [-0.1, -0.05) is 23.2 Å². The van der Waals surface area contributed by atoms with Crippen molar-refractivity contribution in [2.24, 2.45) is 0 Å². The van der Waals surface area contributed by atoms with Crippen LogP contribution in [-0.2, 0) is 11.3 Å². The summed E-state index contributed by atoms with van der Waals surface area (Å²) in [6.07, 6.45) is 4.32. The summed E-state index contributed by atoms with van der Waals surface area (Å²) >= 11 is 11.0. The van der Waals surface area contributed by atoms with Gasteiger partial charge in [-0.2, -0.15) is 0 Å². The number of halogens is 2. The first kappa shape index (κ1) is 9.29. The summed E-state index contributed by atoms with van der Waals surface area (Å²) in [5.74, 6) is 0. The van der Waals surface area contributed by atoms with Gasteiger partial charge in [-0.25, -0.2) is 0 Å². The van der Waals surface area contributed by atoms with Gasteiger partial charge in [0.2, 0.25) is 11.7 Å². The zero-order valence-electron chi connectivity index (χ0n) is 5.88. The Kier molecular flexibility index (Phi) is 2.89. The normalized spacial score (nSPS) is 9.83. The average Bonchev–Trinajstić information content (AvgIpc) is 2.01. The largest absolute Gasteiger partial charge is 0.343 e. The van der Waals surface area contributed by atoms with E-state index in [1.807, 2.05) is 0 Å². The Morgan fingerprint density at radius 2 is 1.83 bits per heavy atom. The summed E-state index contributed by atoms with van der Waals surface area (Å²) in [5, 5.41) is -0.00417. The summed E-state index contributed by atoms with van der Waals surface area (Å²) < 4.78 is 1.39. The lowest BCUT2D eigenvalue weighted by molar-refractivity contribution is 0.545. The number of pyridine rings is 1. The molecule has 1 rings (SSSR count). The van der Waals surface area contributed by atoms with Crippen molar-refractivity contribution in [1.29, 1.82) is 0 Å². The molecule has 0 amide bonds. The highest BCUT2D eigenvalue weighted by atomic mass is 35.5. The summed E-state index contributed by atoms with van der Waals surface area (Å²) in [6.45, 7) is 0.0136. The number of carbonyl (C=O) groups excluding carboxylic acids is 1. The molecule has 1 aromatic heterocycles. The van der Waals surface area contributed by atoms with Gasteiger partial charge in [0.1, 0.15) is 10.0 Å². The maximum absolute atomic E-state index is 10.9. The minimum absolute atomic E-state index is 0.00208. The molecule has 0 aromatic carbocycles. The second-order valence-corrected chi connectivity index (χ2v) is 2.91. The lowest BCUT2D eigenvalue weighted by Crippen LogP contribution is -2.08. The highest BCUT2D eigenvalue weighted by molar-refractivity contribution is 6.34. The van der Waals surface area contributed by atoms with E-state index >= 15 is 0 Å². The van der Waals surface area contributed by atoms with Crippen molar-refractivity contribution in [2.75, 3.05) is 0 Å². The third-order valence-electron chi connectivity index (χ3n) is 1.24. The van der Waals surface area contributed by atoms with Crippen molar-refractivity contribution in [2.45, 2.75) is 6.54 Å². The van der Waals surface area contributed by atoms with Crippen molar-refractivity contribution in [1.82, 2.24) is 4.57 Å². The molecule has 0 spiro atoms. The van der Waals surface area contributed by atoms with Gasteiger partial charge in [-0.3, -0.25) is 9.59 Å². The van der Waals surface area contributed by atoms with E-state index in [2.05, 4.69) is 0 Å². The minimum atomic E-state index is -0.430. The highest BCUT2D eigenvalue weighted by Gasteiger charge is 2.02. The molecular weight excluding hydrogens is 201 g/mol. The SMILES string of the molecule is O=[C]Cn1cc(Cl)c(=O)c(Cl)c1. The predicted molar refractivity (Wildman–Crippen MR) is 46.4 cm³/mol. The Labute approximate surface area is 78.5 Å². The maximum atomic E-state index is 10.9. The first-order valence-electron chi connectivity index (χ1n) is 3.05. The molecule has 12 heavy (non-hydrogen) atoms. The second-order valence-electron chi connectivity index (χ2n) is 2.10. The van der Waals surface area contributed by atoms with Crippen LogP contribution in [0.3, 0.4) is 0 Å². The fourth-order valence-electron chi connectivity index (χ4n) is 0.726. The molecule has 0 bridgehead atoms. The summed E-state index contributed by atoms with van der Waals surface area (Å²) in [5.41, 5.74) is -0.430. The molecule has 0 N–H and O–H groups in total. The Hall–Kier alpha value is -0.800. The second kappa shape index (κ2) is 3.74. The molecule has 0 aliphatic heterocycles. The molecule has 63 valence electrons. The van der Waals surface area contributed by atoms with E-state index in [1.165, 1.54) is 17.0 Å². The van der Waals surface area contributed by atoms with Crippen LogP contribution < -0.4 is 5.43 Å². The topological polar surface area (TPSA) is 39.1 Å². The maximum Gasteiger partial charge on any atom is 0.219 e. The van der Waals surface area contributed by atoms with Gasteiger partial charge < -0.3 is 4.57 Å². The van der Waals surface area contributed by atoms with Crippen LogP contribution in [0.2, 0.25) is 10.0 Å². The molecule has 0 fully saturated rings. The molecule has 1 aromatic rings. The number of rotatable bonds is 2. The fourth-order valence-corrected chi connectivity index (χ4v) is 1.23. The predicted octanol–water partition coefficient (Wildman–Crippen LogP) is 1.26. The molecule has 0 saturated heterocycles. The molecule has 0 saturated carbocycles. The van der Waals surface area contributed by atoms with Crippen LogP contribution in [0.5, 0.6) is 0 Å². The van der Waals surface area contributed by atoms with Crippen LogP contribution in [0.15, 0.2) is 17.2 Å². The van der Waals surface area contributed by atoms with Crippen LogP contribution in [0, 0.1) is 0 Å². The standard InChI is InChI=1S/C7H4Cl2NO2/c8-5-3-10(1-2-11)4-6(9)7(5)12/h3-4H,1H2. The van der Waals surface area contributed by atoms with Gasteiger partial charge >= 0.3 is 0 Å². The fraction of sp³-hybridized carbons (Fsp3) is 0.143. The van der Waals surface area contributed by atoms with E-state index in [9.17, 15) is 9.59 Å². The Morgan fingerprint density at radius 3 is 2.25 bits per heavy atom. The molecule has 1 radical (unpaired) electrons. The molecule has 0 atom stereocenters. The first-order valence-corrected chi connectivity index (χ1v) is 3.81. The Balaban J connectivity index is 3.21. The van der Waals surface area contributed by atoms with E-state index in [4.69, 9.17) is 23.2 Å². The lowest BCUT2D eigenvalue weighted by atomic mass is 10.4. The third-order valence-corrected chi connectivity index (χ3v) is 1.78. The monoisotopic (exact) mass is 204 g/mol. The summed E-state index contributed by atoms with van der Waals surface area (Å²) in [6, 6.07) is 0. The molecule has 0 aliphatic rings. The van der Waals surface area contributed by atoms with Crippen LogP contribution in [0.1, 0.15) is 0 Å². The average molecular weight is 205 g/mol. The van der Waals surface area contributed by atoms with Crippen LogP contribution in [0.25, 0.3) is 0 Å². The van der Waals surface area contributed by atoms with Crippen molar-refractivity contribution >= 4 is 29.5 Å². The summed E-state index contributed by atoms with van der Waals surface area (Å²) in [7, 11) is 0. The van der Waals surface area contributed by atoms with Gasteiger partial charge in [-0.15, -0.1) is 0 Å². The van der Waals surface area contributed by atoms with E-state index in [0.717, 1.165) is 0 Å².